The molecule has 188 valence electrons. The number of likely N-dealkylation sites (tertiary alicyclic amines) is 2. The first-order valence-electron chi connectivity index (χ1n) is 12.6. The maximum atomic E-state index is 13.5. The largest absolute Gasteiger partial charge is 0.387 e. The summed E-state index contributed by atoms with van der Waals surface area (Å²) in [5, 5.41) is 11.7. The summed E-state index contributed by atoms with van der Waals surface area (Å²) in [6, 6.07) is 11.0. The molecule has 1 unspecified atom stereocenters. The summed E-state index contributed by atoms with van der Waals surface area (Å²) in [6.07, 6.45) is 3.95. The number of amides is 2. The molecule has 1 N–H and O–H groups in total. The van der Waals surface area contributed by atoms with Crippen LogP contribution in [0.25, 0.3) is 11.1 Å². The van der Waals surface area contributed by atoms with Crippen molar-refractivity contribution in [1.82, 2.24) is 14.4 Å². The summed E-state index contributed by atoms with van der Waals surface area (Å²) in [7, 11) is 0. The number of aromatic nitrogens is 1. The van der Waals surface area contributed by atoms with Crippen LogP contribution in [0.1, 0.15) is 57.3 Å². The van der Waals surface area contributed by atoms with Crippen LogP contribution in [0.3, 0.4) is 0 Å². The Morgan fingerprint density at radius 1 is 1.03 bits per heavy atom. The number of aliphatic hydroxyl groups is 1. The molecule has 1 atom stereocenters. The summed E-state index contributed by atoms with van der Waals surface area (Å²) in [4.78, 5) is 43.0. The average Bonchev–Trinajstić information content (AvgIpc) is 3.36. The normalized spacial score (nSPS) is 22.0. The first kappa shape index (κ1) is 25.2. The van der Waals surface area contributed by atoms with Gasteiger partial charge in [0.2, 0.25) is 5.91 Å². The van der Waals surface area contributed by atoms with Crippen LogP contribution in [0.15, 0.2) is 47.4 Å². The van der Waals surface area contributed by atoms with Gasteiger partial charge in [0.1, 0.15) is 0 Å². The molecule has 2 amide bonds. The van der Waals surface area contributed by atoms with E-state index in [0.717, 1.165) is 18.4 Å². The molecule has 2 aliphatic rings. The fourth-order valence-corrected chi connectivity index (χ4v) is 5.30. The number of hydrogen-bond donors (Lipinski definition) is 1. The minimum atomic E-state index is -1.20. The summed E-state index contributed by atoms with van der Waals surface area (Å²) >= 11 is 0. The van der Waals surface area contributed by atoms with Crippen molar-refractivity contribution in [3.05, 3.63) is 58.5 Å². The standard InChI is InChI=1S/C28H37N3O4/c1-20(2)25(33)30-15-12-28(35,27(3,4)18-30)19-31-17-23(26(34)29-13-8-9-14-29)22(16-24(31)32)21-10-6-5-7-11-21/h5-7,10-11,16-17,20,35H,8-9,12-15,18-19H2,1-4H3. The third-order valence-electron chi connectivity index (χ3n) is 7.71. The van der Waals surface area contributed by atoms with Crippen molar-refractivity contribution in [2.75, 3.05) is 26.2 Å². The molecule has 0 aliphatic carbocycles. The lowest BCUT2D eigenvalue weighted by Crippen LogP contribution is -2.61. The number of carbonyl (C=O) groups excluding carboxylic acids is 2. The molecule has 7 heteroatoms. The zero-order valence-corrected chi connectivity index (χ0v) is 21.3. The zero-order valence-electron chi connectivity index (χ0n) is 21.3. The third kappa shape index (κ3) is 4.92. The van der Waals surface area contributed by atoms with Crippen LogP contribution >= 0.6 is 0 Å². The molecular formula is C28H37N3O4. The fourth-order valence-electron chi connectivity index (χ4n) is 5.30. The Morgan fingerprint density at radius 3 is 2.29 bits per heavy atom. The zero-order chi connectivity index (χ0) is 25.4. The summed E-state index contributed by atoms with van der Waals surface area (Å²) in [5.74, 6) is -0.119. The second-order valence-corrected chi connectivity index (χ2v) is 11.0. The highest BCUT2D eigenvalue weighted by Gasteiger charge is 2.49. The molecule has 3 heterocycles. The van der Waals surface area contributed by atoms with E-state index in [-0.39, 0.29) is 29.8 Å². The number of nitrogens with zero attached hydrogens (tertiary/aromatic N) is 3. The van der Waals surface area contributed by atoms with E-state index in [1.54, 1.807) is 6.20 Å². The van der Waals surface area contributed by atoms with Crippen LogP contribution in [0.5, 0.6) is 0 Å². The van der Waals surface area contributed by atoms with Gasteiger partial charge in [-0.25, -0.2) is 0 Å². The Bertz CT molecular complexity index is 1150. The van der Waals surface area contributed by atoms with E-state index in [1.165, 1.54) is 10.6 Å². The van der Waals surface area contributed by atoms with E-state index in [4.69, 9.17) is 0 Å². The van der Waals surface area contributed by atoms with Gasteiger partial charge in [-0.2, -0.15) is 0 Å². The van der Waals surface area contributed by atoms with Crippen molar-refractivity contribution >= 4 is 11.8 Å². The predicted molar refractivity (Wildman–Crippen MR) is 136 cm³/mol. The van der Waals surface area contributed by atoms with Crippen molar-refractivity contribution in [2.45, 2.75) is 59.1 Å². The predicted octanol–water partition coefficient (Wildman–Crippen LogP) is 3.40. The molecule has 2 aromatic rings. The quantitative estimate of drug-likeness (QED) is 0.713. The number of piperidine rings is 1. The number of hydrogen-bond acceptors (Lipinski definition) is 4. The van der Waals surface area contributed by atoms with Crippen LogP contribution < -0.4 is 5.56 Å². The molecular weight excluding hydrogens is 442 g/mol. The molecule has 0 saturated carbocycles. The van der Waals surface area contributed by atoms with Crippen LogP contribution in [0.4, 0.5) is 0 Å². The van der Waals surface area contributed by atoms with E-state index >= 15 is 0 Å². The molecule has 2 aliphatic heterocycles. The Balaban J connectivity index is 1.70. The second-order valence-electron chi connectivity index (χ2n) is 11.0. The molecule has 0 spiro atoms. The van der Waals surface area contributed by atoms with Gasteiger partial charge in [0.15, 0.2) is 0 Å². The minimum absolute atomic E-state index is 0.0674. The van der Waals surface area contributed by atoms with E-state index in [0.29, 0.717) is 43.7 Å². The highest BCUT2D eigenvalue weighted by atomic mass is 16.3. The molecule has 2 fully saturated rings. The van der Waals surface area contributed by atoms with Gasteiger partial charge in [-0.05, 0) is 24.8 Å². The van der Waals surface area contributed by atoms with Gasteiger partial charge in [-0.1, -0.05) is 58.0 Å². The van der Waals surface area contributed by atoms with Gasteiger partial charge in [0, 0.05) is 55.3 Å². The number of rotatable bonds is 5. The number of benzene rings is 1. The summed E-state index contributed by atoms with van der Waals surface area (Å²) in [5.41, 5.74) is -0.177. The first-order valence-corrected chi connectivity index (χ1v) is 12.6. The summed E-state index contributed by atoms with van der Waals surface area (Å²) in [6.45, 7) is 9.97. The highest BCUT2D eigenvalue weighted by molar-refractivity contribution is 6.00. The maximum Gasteiger partial charge on any atom is 0.255 e. The monoisotopic (exact) mass is 479 g/mol. The molecule has 7 nitrogen and oxygen atoms in total. The topological polar surface area (TPSA) is 82.8 Å². The first-order chi connectivity index (χ1) is 16.5. The minimum Gasteiger partial charge on any atom is -0.387 e. The van der Waals surface area contributed by atoms with Gasteiger partial charge in [0.05, 0.1) is 17.7 Å². The lowest BCUT2D eigenvalue weighted by atomic mass is 9.69. The average molecular weight is 480 g/mol. The number of carbonyl (C=O) groups is 2. The van der Waals surface area contributed by atoms with Gasteiger partial charge in [-0.3, -0.25) is 14.4 Å². The lowest BCUT2D eigenvalue weighted by molar-refractivity contribution is -0.156. The van der Waals surface area contributed by atoms with Crippen LogP contribution in [-0.2, 0) is 11.3 Å². The smallest absolute Gasteiger partial charge is 0.255 e. The number of pyridine rings is 1. The Labute approximate surface area is 207 Å². The van der Waals surface area contributed by atoms with Crippen molar-refractivity contribution < 1.29 is 14.7 Å². The highest BCUT2D eigenvalue weighted by Crippen LogP contribution is 2.40. The van der Waals surface area contributed by atoms with Crippen molar-refractivity contribution in [3.8, 4) is 11.1 Å². The summed E-state index contributed by atoms with van der Waals surface area (Å²) < 4.78 is 1.48. The van der Waals surface area contributed by atoms with E-state index in [2.05, 4.69) is 0 Å². The Morgan fingerprint density at radius 2 is 1.69 bits per heavy atom. The van der Waals surface area contributed by atoms with Crippen LogP contribution in [-0.4, -0.2) is 63.1 Å². The van der Waals surface area contributed by atoms with Gasteiger partial charge in [-0.15, -0.1) is 0 Å². The third-order valence-corrected chi connectivity index (χ3v) is 7.71. The molecule has 1 aromatic heterocycles. The van der Waals surface area contributed by atoms with Gasteiger partial charge < -0.3 is 19.5 Å². The van der Waals surface area contributed by atoms with Gasteiger partial charge in [0.25, 0.3) is 11.5 Å². The SMILES string of the molecule is CC(C)C(=O)N1CCC(O)(Cn2cc(C(=O)N3CCCC3)c(-c3ccccc3)cc2=O)C(C)(C)C1. The molecule has 2 saturated heterocycles. The van der Waals surface area contributed by atoms with E-state index in [1.807, 2.05) is 67.8 Å². The van der Waals surface area contributed by atoms with Crippen LogP contribution in [0.2, 0.25) is 0 Å². The van der Waals surface area contributed by atoms with Crippen molar-refractivity contribution in [1.29, 1.82) is 0 Å². The lowest BCUT2D eigenvalue weighted by Gasteiger charge is -2.50. The van der Waals surface area contributed by atoms with Crippen LogP contribution in [0, 0.1) is 11.3 Å². The van der Waals surface area contributed by atoms with E-state index < -0.39 is 11.0 Å². The molecule has 35 heavy (non-hydrogen) atoms. The molecule has 4 rings (SSSR count). The second kappa shape index (κ2) is 9.61. The van der Waals surface area contributed by atoms with E-state index in [9.17, 15) is 19.5 Å². The Kier molecular flexibility index (Phi) is 6.91. The molecule has 0 radical (unpaired) electrons. The van der Waals surface area contributed by atoms with Crippen molar-refractivity contribution in [3.63, 3.8) is 0 Å². The Hall–Kier alpha value is -2.93. The fraction of sp³-hybridized carbons (Fsp3) is 0.536. The van der Waals surface area contributed by atoms with Gasteiger partial charge >= 0.3 is 0 Å². The maximum absolute atomic E-state index is 13.5. The molecule has 1 aromatic carbocycles. The van der Waals surface area contributed by atoms with Crippen molar-refractivity contribution in [2.24, 2.45) is 11.3 Å². The molecule has 0 bridgehead atoms.